The molecule has 0 N–H and O–H groups in total. The molecule has 0 bridgehead atoms. The lowest BCUT2D eigenvalue weighted by molar-refractivity contribution is -0.139. The number of alkyl halides is 3. The van der Waals surface area contributed by atoms with E-state index >= 15 is 0 Å². The standard InChI is InChI=1S/C29H34F4N2O2.C5H10O2/c1-19-4-7-25(29(31,32)33)22(14-19)17-34-12-8-20(9-13-34)18-37-27-16-26(30)24(15-23(27)21-5-6-21)28(36)35-10-2-3-11-35;1-5(2,3)7-4-6/h4,7,14-16,20-21H,2-3,5-6,8-13,17-18H2,1H3;4H,1-3H3. The third kappa shape index (κ3) is 9.43. The van der Waals surface area contributed by atoms with Crippen molar-refractivity contribution in [1.82, 2.24) is 9.80 Å². The molecular weight excluding hydrogens is 576 g/mol. The molecule has 6 nitrogen and oxygen atoms in total. The minimum Gasteiger partial charge on any atom is -0.493 e. The summed E-state index contributed by atoms with van der Waals surface area (Å²) in [5.74, 6) is 0.300. The fraction of sp³-hybridized carbons (Fsp3) is 0.588. The van der Waals surface area contributed by atoms with E-state index in [9.17, 15) is 27.2 Å². The van der Waals surface area contributed by atoms with Gasteiger partial charge < -0.3 is 14.4 Å². The van der Waals surface area contributed by atoms with Crippen LogP contribution in [0.3, 0.4) is 0 Å². The first-order valence-electron chi connectivity index (χ1n) is 15.5. The van der Waals surface area contributed by atoms with E-state index in [0.717, 1.165) is 49.7 Å². The number of aryl methyl sites for hydroxylation is 1. The molecule has 1 saturated carbocycles. The van der Waals surface area contributed by atoms with Gasteiger partial charge in [-0.25, -0.2) is 4.39 Å². The lowest BCUT2D eigenvalue weighted by Gasteiger charge is -2.32. The minimum absolute atomic E-state index is 0.138. The number of piperidine rings is 1. The summed E-state index contributed by atoms with van der Waals surface area (Å²) in [5.41, 5.74) is 1.31. The molecule has 1 aliphatic carbocycles. The fourth-order valence-corrected chi connectivity index (χ4v) is 5.70. The van der Waals surface area contributed by atoms with Gasteiger partial charge in [0.1, 0.15) is 17.2 Å². The maximum Gasteiger partial charge on any atom is 0.416 e. The smallest absolute Gasteiger partial charge is 0.416 e. The van der Waals surface area contributed by atoms with Crippen molar-refractivity contribution in [1.29, 1.82) is 0 Å². The van der Waals surface area contributed by atoms with Crippen LogP contribution in [-0.2, 0) is 22.3 Å². The second kappa shape index (κ2) is 14.3. The van der Waals surface area contributed by atoms with Crippen LogP contribution in [0.4, 0.5) is 17.6 Å². The highest BCUT2D eigenvalue weighted by Gasteiger charge is 2.34. The maximum absolute atomic E-state index is 15.0. The number of carbonyl (C=O) groups excluding carboxylic acids is 2. The monoisotopic (exact) mass is 620 g/mol. The topological polar surface area (TPSA) is 59.1 Å². The second-order valence-electron chi connectivity index (χ2n) is 13.2. The van der Waals surface area contributed by atoms with Crippen LogP contribution in [0.25, 0.3) is 0 Å². The molecule has 0 radical (unpaired) electrons. The Morgan fingerprint density at radius 1 is 0.977 bits per heavy atom. The van der Waals surface area contributed by atoms with Crippen molar-refractivity contribution < 1.29 is 36.6 Å². The molecule has 1 amide bonds. The first-order chi connectivity index (χ1) is 20.7. The molecule has 3 fully saturated rings. The summed E-state index contributed by atoms with van der Waals surface area (Å²) in [7, 11) is 0. The van der Waals surface area contributed by atoms with Crippen molar-refractivity contribution in [3.05, 3.63) is 64.0 Å². The van der Waals surface area contributed by atoms with Crippen LogP contribution in [0, 0.1) is 18.7 Å². The molecular formula is C34H44F4N2O4. The van der Waals surface area contributed by atoms with E-state index in [0.29, 0.717) is 56.5 Å². The quantitative estimate of drug-likeness (QED) is 0.226. The van der Waals surface area contributed by atoms with E-state index in [1.165, 1.54) is 18.2 Å². The summed E-state index contributed by atoms with van der Waals surface area (Å²) in [6, 6.07) is 7.38. The predicted octanol–water partition coefficient (Wildman–Crippen LogP) is 7.52. The van der Waals surface area contributed by atoms with E-state index < -0.39 is 17.6 Å². The van der Waals surface area contributed by atoms with Gasteiger partial charge in [0.15, 0.2) is 0 Å². The van der Waals surface area contributed by atoms with Crippen molar-refractivity contribution in [3.8, 4) is 5.75 Å². The van der Waals surface area contributed by atoms with E-state index in [2.05, 4.69) is 9.64 Å². The van der Waals surface area contributed by atoms with Gasteiger partial charge in [0.05, 0.1) is 17.7 Å². The van der Waals surface area contributed by atoms with E-state index in [-0.39, 0.29) is 29.5 Å². The minimum atomic E-state index is -4.36. The van der Waals surface area contributed by atoms with Crippen LogP contribution >= 0.6 is 0 Å². The third-order valence-corrected chi connectivity index (χ3v) is 8.28. The summed E-state index contributed by atoms with van der Waals surface area (Å²) in [6.07, 6.45) is 1.18. The third-order valence-electron chi connectivity index (χ3n) is 8.28. The molecule has 2 aliphatic heterocycles. The van der Waals surface area contributed by atoms with Gasteiger partial charge in [-0.15, -0.1) is 0 Å². The Balaban J connectivity index is 0.000000566. The summed E-state index contributed by atoms with van der Waals surface area (Å²) >= 11 is 0. The molecule has 242 valence electrons. The summed E-state index contributed by atoms with van der Waals surface area (Å²) in [5, 5.41) is 0. The second-order valence-corrected chi connectivity index (χ2v) is 13.2. The Morgan fingerprint density at radius 2 is 1.64 bits per heavy atom. The first kappa shape index (κ1) is 33.7. The molecule has 0 atom stereocenters. The van der Waals surface area contributed by atoms with Gasteiger partial charge in [0.2, 0.25) is 0 Å². The molecule has 2 saturated heterocycles. The van der Waals surface area contributed by atoms with Gasteiger partial charge >= 0.3 is 6.18 Å². The molecule has 0 spiro atoms. The predicted molar refractivity (Wildman–Crippen MR) is 160 cm³/mol. The number of hydrogen-bond acceptors (Lipinski definition) is 5. The van der Waals surface area contributed by atoms with E-state index in [1.807, 2.05) is 20.8 Å². The molecule has 5 rings (SSSR count). The van der Waals surface area contributed by atoms with E-state index in [1.54, 1.807) is 24.0 Å². The van der Waals surface area contributed by atoms with Crippen LogP contribution in [0.1, 0.15) is 97.8 Å². The number of amides is 1. The van der Waals surface area contributed by atoms with Gasteiger partial charge in [-0.05, 0) is 114 Å². The van der Waals surface area contributed by atoms with Crippen molar-refractivity contribution >= 4 is 12.4 Å². The molecule has 44 heavy (non-hydrogen) atoms. The molecule has 2 aromatic rings. The summed E-state index contributed by atoms with van der Waals surface area (Å²) in [4.78, 5) is 26.2. The van der Waals surface area contributed by atoms with Crippen LogP contribution in [0.2, 0.25) is 0 Å². The van der Waals surface area contributed by atoms with Gasteiger partial charge in [-0.2, -0.15) is 13.2 Å². The van der Waals surface area contributed by atoms with Gasteiger partial charge in [0.25, 0.3) is 12.4 Å². The maximum atomic E-state index is 15.0. The first-order valence-corrected chi connectivity index (χ1v) is 15.5. The normalized spacial score (nSPS) is 18.0. The number of likely N-dealkylation sites (tertiary alicyclic amines) is 2. The van der Waals surface area contributed by atoms with Crippen LogP contribution < -0.4 is 4.74 Å². The summed E-state index contributed by atoms with van der Waals surface area (Å²) in [6.45, 7) is 11.2. The fourth-order valence-electron chi connectivity index (χ4n) is 5.70. The zero-order valence-corrected chi connectivity index (χ0v) is 26.1. The Hall–Kier alpha value is -3.14. The van der Waals surface area contributed by atoms with Crippen molar-refractivity contribution in [2.45, 2.75) is 90.5 Å². The highest BCUT2D eigenvalue weighted by atomic mass is 19.4. The molecule has 2 aromatic carbocycles. The van der Waals surface area contributed by atoms with Crippen molar-refractivity contribution in [2.24, 2.45) is 5.92 Å². The average Bonchev–Trinajstić information content (AvgIpc) is 3.63. The lowest BCUT2D eigenvalue weighted by atomic mass is 9.96. The molecule has 0 unspecified atom stereocenters. The lowest BCUT2D eigenvalue weighted by Crippen LogP contribution is -2.35. The van der Waals surface area contributed by atoms with Gasteiger partial charge in [-0.1, -0.05) is 17.7 Å². The van der Waals surface area contributed by atoms with Crippen molar-refractivity contribution in [2.75, 3.05) is 32.8 Å². The Morgan fingerprint density at radius 3 is 2.18 bits per heavy atom. The highest BCUT2D eigenvalue weighted by Crippen LogP contribution is 2.45. The van der Waals surface area contributed by atoms with Crippen LogP contribution in [-0.4, -0.2) is 60.6 Å². The zero-order chi connectivity index (χ0) is 32.1. The number of halogens is 4. The largest absolute Gasteiger partial charge is 0.493 e. The van der Waals surface area contributed by atoms with Gasteiger partial charge in [0, 0.05) is 25.7 Å². The number of rotatable bonds is 8. The number of carbonyl (C=O) groups is 2. The average molecular weight is 621 g/mol. The van der Waals surface area contributed by atoms with E-state index in [4.69, 9.17) is 4.74 Å². The molecule has 3 aliphatic rings. The molecule has 0 aromatic heterocycles. The highest BCUT2D eigenvalue weighted by molar-refractivity contribution is 5.95. The number of hydrogen-bond donors (Lipinski definition) is 0. The molecule has 2 heterocycles. The van der Waals surface area contributed by atoms with Crippen LogP contribution in [0.5, 0.6) is 5.75 Å². The Labute approximate surface area is 257 Å². The Bertz CT molecular complexity index is 1290. The van der Waals surface area contributed by atoms with Crippen LogP contribution in [0.15, 0.2) is 30.3 Å². The molecule has 10 heteroatoms. The Kier molecular flexibility index (Phi) is 11.0. The SMILES string of the molecule is CC(C)(C)OC=O.Cc1ccc(C(F)(F)F)c(CN2CCC(COc3cc(F)c(C(=O)N4CCCC4)cc3C3CC3)CC2)c1. The van der Waals surface area contributed by atoms with Crippen molar-refractivity contribution in [3.63, 3.8) is 0 Å². The number of ether oxygens (including phenoxy) is 2. The summed E-state index contributed by atoms with van der Waals surface area (Å²) < 4.78 is 66.0. The van der Waals surface area contributed by atoms with Gasteiger partial charge in [-0.3, -0.25) is 14.5 Å². The number of benzene rings is 2. The zero-order valence-electron chi connectivity index (χ0n) is 26.1. The number of nitrogens with zero attached hydrogens (tertiary/aromatic N) is 2.